The van der Waals surface area contributed by atoms with Gasteiger partial charge in [0.25, 0.3) is 11.6 Å². The van der Waals surface area contributed by atoms with E-state index >= 15 is 0 Å². The maximum absolute atomic E-state index is 12.8. The Morgan fingerprint density at radius 2 is 0.590 bits per heavy atom. The molecule has 11 saturated heterocycles. The van der Waals surface area contributed by atoms with Crippen LogP contribution in [0.5, 0.6) is 0 Å². The van der Waals surface area contributed by atoms with Crippen LogP contribution >= 0.6 is 0 Å². The van der Waals surface area contributed by atoms with E-state index < -0.39 is 445 Å². The maximum atomic E-state index is 12.8. The van der Waals surface area contributed by atoms with Gasteiger partial charge in [0.2, 0.25) is 0 Å². The Morgan fingerprint density at radius 1 is 0.306 bits per heavy atom. The van der Waals surface area contributed by atoms with E-state index in [2.05, 4.69) is 0 Å². The third-order valence-electron chi connectivity index (χ3n) is 26.8. The summed E-state index contributed by atoms with van der Waals surface area (Å²) in [6, 6.07) is -3.17. The molecular formula is C77H132N2O55. The largest absolute Gasteiger partial charge is 0.477 e. The molecule has 57 nitrogen and oxygen atoms in total. The van der Waals surface area contributed by atoms with Crippen LogP contribution in [-0.4, -0.2) is 572 Å². The predicted molar refractivity (Wildman–Crippen MR) is 417 cm³/mol. The van der Waals surface area contributed by atoms with Crippen molar-refractivity contribution in [2.24, 2.45) is 35.1 Å². The zero-order valence-corrected chi connectivity index (χ0v) is 72.8. The molecule has 11 aliphatic heterocycles. The molecular weight excluding hydrogens is 1830 g/mol. The Labute approximate surface area is 761 Å². The number of carbonyl (C=O) groups is 2. The molecule has 134 heavy (non-hydrogen) atoms. The van der Waals surface area contributed by atoms with Crippen LogP contribution in [0, 0.1) is 23.7 Å². The second-order valence-corrected chi connectivity index (χ2v) is 35.7. The van der Waals surface area contributed by atoms with E-state index in [0.29, 0.717) is 0 Å². The van der Waals surface area contributed by atoms with Gasteiger partial charge in [-0.1, -0.05) is 27.7 Å². The average molecular weight is 1970 g/mol. The fraction of sp³-hybridized carbons (Fsp3) is 0.974. The molecule has 0 spiro atoms. The summed E-state index contributed by atoms with van der Waals surface area (Å²) in [4.78, 5) is 25.7. The van der Waals surface area contributed by atoms with E-state index in [0.717, 1.165) is 0 Å². The zero-order valence-electron chi connectivity index (χ0n) is 72.8. The van der Waals surface area contributed by atoms with Crippen molar-refractivity contribution >= 4 is 11.9 Å². The first-order valence-corrected chi connectivity index (χ1v) is 43.7. The highest BCUT2D eigenvalue weighted by Gasteiger charge is 2.63. The molecule has 11 heterocycles. The van der Waals surface area contributed by atoms with Gasteiger partial charge in [-0.25, -0.2) is 9.59 Å². The summed E-state index contributed by atoms with van der Waals surface area (Å²) in [6.07, 6.45) is -98.7. The van der Waals surface area contributed by atoms with E-state index in [9.17, 15) is 173 Å². The Kier molecular flexibility index (Phi) is 39.1. The van der Waals surface area contributed by atoms with Gasteiger partial charge in [-0.2, -0.15) is 0 Å². The van der Waals surface area contributed by atoms with Crippen molar-refractivity contribution in [1.82, 2.24) is 0 Å². The number of carboxylic acid groups (broad SMARTS) is 2. The topological polar surface area (TPSA) is 927 Å². The van der Waals surface area contributed by atoms with Gasteiger partial charge in [-0.3, -0.25) is 0 Å². The number of carboxylic acids is 2. The van der Waals surface area contributed by atoms with Crippen LogP contribution in [0.2, 0.25) is 0 Å². The van der Waals surface area contributed by atoms with Crippen LogP contribution in [0.3, 0.4) is 0 Å². The summed E-state index contributed by atoms with van der Waals surface area (Å²) in [7, 11) is 0. The second-order valence-electron chi connectivity index (χ2n) is 35.7. The van der Waals surface area contributed by atoms with Crippen molar-refractivity contribution in [2.45, 2.75) is 372 Å². The lowest BCUT2D eigenvalue weighted by molar-refractivity contribution is -0.402. The fourth-order valence-corrected chi connectivity index (χ4v) is 18.0. The molecule has 0 radical (unpaired) electrons. The fourth-order valence-electron chi connectivity index (χ4n) is 18.0. The first kappa shape index (κ1) is 111. The zero-order chi connectivity index (χ0) is 99.0. The Morgan fingerprint density at radius 3 is 0.940 bits per heavy atom. The van der Waals surface area contributed by atoms with Gasteiger partial charge in [0.05, 0.1) is 127 Å². The number of aliphatic hydroxyl groups excluding tert-OH is 30. The molecule has 36 N–H and O–H groups in total. The van der Waals surface area contributed by atoms with E-state index in [4.69, 9.17) is 111 Å². The number of rotatable bonds is 37. The van der Waals surface area contributed by atoms with Crippen molar-refractivity contribution in [3.63, 3.8) is 0 Å². The SMILES string of the molecule is CC1C(O)[C@H](O[C@@H]2OC(CO[C@]3(C(=O)O)C[C@@H](O)[C@@H](N)C([C@H](O)C(O)CO)O3)[C@H](O)C(O)[C@@H]2O)[C@H](CO)O[C@H]1O[C@@H]1C(O)[C@H](O)C(CO)O[C@@H]1OCC1O[C@@H](O[C@@H]2C(CO)O[C@@H](O[C@@H]3C(CO)O[C@@H](C)[C@@H](C)C3O)[C@@H](C)C2O)C(O)C(O[C@H]2O[C@H](CO)[C@@H](O)C(O)C2O[C@@H]2OC(CO)[C@@H](O[C@@H]3OC(CO[C@]4(C(=O)O)C[C@@H](O)[C@@H](N)C([C@H](O)C(O)CO)O4)[C@H](O)C(O)[C@@H]3O)C(O)[C@@H]2C)[C@@H]1O. The number of hydrogen-bond donors (Lipinski definition) is 34. The number of aliphatic hydroxyl groups is 30. The molecule has 0 bridgehead atoms. The highest BCUT2D eigenvalue weighted by Crippen LogP contribution is 2.44. The normalized spacial score (nSPS) is 50.9. The van der Waals surface area contributed by atoms with Crippen LogP contribution in [0.15, 0.2) is 0 Å². The van der Waals surface area contributed by atoms with Gasteiger partial charge in [-0.15, -0.1) is 0 Å². The molecule has 0 aliphatic carbocycles. The van der Waals surface area contributed by atoms with Gasteiger partial charge in [-0.05, 0) is 6.92 Å². The summed E-state index contributed by atoms with van der Waals surface area (Å²) in [5.74, 6) is -14.7. The van der Waals surface area contributed by atoms with E-state index in [1.165, 1.54) is 20.8 Å². The molecule has 0 amide bonds. The number of aliphatic carboxylic acids is 2. The first-order chi connectivity index (χ1) is 63.2. The molecule has 0 aromatic heterocycles. The molecule has 11 rings (SSSR count). The lowest BCUT2D eigenvalue weighted by Crippen LogP contribution is -2.68. The summed E-state index contributed by atoms with van der Waals surface area (Å²) in [5, 5.41) is 354. The van der Waals surface area contributed by atoms with Crippen LogP contribution in [-0.2, 0) is 109 Å². The summed E-state index contributed by atoms with van der Waals surface area (Å²) in [6.45, 7) is -4.65. The molecule has 23 unspecified atom stereocenters. The van der Waals surface area contributed by atoms with E-state index in [-0.39, 0.29) is 0 Å². The van der Waals surface area contributed by atoms with Crippen molar-refractivity contribution < 1.29 is 272 Å². The van der Waals surface area contributed by atoms with Crippen LogP contribution < -0.4 is 11.5 Å². The summed E-state index contributed by atoms with van der Waals surface area (Å²) >= 11 is 0. The van der Waals surface area contributed by atoms with Crippen LogP contribution in [0.4, 0.5) is 0 Å². The quantitative estimate of drug-likeness (QED) is 0.0275. The lowest BCUT2D eigenvalue weighted by Gasteiger charge is -2.51. The Balaban J connectivity index is 0.829. The number of nitrogens with two attached hydrogens (primary N) is 2. The van der Waals surface area contributed by atoms with Gasteiger partial charge in [0, 0.05) is 36.5 Å². The highest BCUT2D eigenvalue weighted by molar-refractivity contribution is 5.76. The Hall–Kier alpha value is -3.18. The molecule has 780 valence electrons. The Bertz CT molecular complexity index is 3610. The summed E-state index contributed by atoms with van der Waals surface area (Å²) in [5.41, 5.74) is 11.9. The smallest absolute Gasteiger partial charge is 0.364 e. The average Bonchev–Trinajstić information content (AvgIpc) is 0.770. The molecule has 57 atom stereocenters. The highest BCUT2D eigenvalue weighted by atomic mass is 16.8. The third kappa shape index (κ3) is 23.1. The molecule has 57 heteroatoms. The predicted octanol–water partition coefficient (Wildman–Crippen LogP) is -20.5. The number of hydrogen-bond acceptors (Lipinski definition) is 55. The van der Waals surface area contributed by atoms with E-state index in [1.807, 2.05) is 0 Å². The van der Waals surface area contributed by atoms with Gasteiger partial charge < -0.3 is 274 Å². The van der Waals surface area contributed by atoms with Gasteiger partial charge in [0.1, 0.15) is 208 Å². The third-order valence-corrected chi connectivity index (χ3v) is 26.8. The molecule has 11 aliphatic rings. The van der Waals surface area contributed by atoms with Crippen LogP contribution in [0.1, 0.15) is 47.5 Å². The molecule has 0 aromatic carbocycles. The molecule has 0 aromatic rings. The van der Waals surface area contributed by atoms with Crippen molar-refractivity contribution in [3.8, 4) is 0 Å². The summed E-state index contributed by atoms with van der Waals surface area (Å²) < 4.78 is 125. The first-order valence-electron chi connectivity index (χ1n) is 43.7. The van der Waals surface area contributed by atoms with Gasteiger partial charge >= 0.3 is 11.9 Å². The van der Waals surface area contributed by atoms with E-state index in [1.54, 1.807) is 13.8 Å². The monoisotopic (exact) mass is 1960 g/mol. The number of ether oxygens (including phenoxy) is 21. The second kappa shape index (κ2) is 47.1. The van der Waals surface area contributed by atoms with Crippen molar-refractivity contribution in [2.75, 3.05) is 72.7 Å². The van der Waals surface area contributed by atoms with Crippen LogP contribution in [0.25, 0.3) is 0 Å². The lowest BCUT2D eigenvalue weighted by atomic mass is 9.88. The molecule has 0 saturated carbocycles. The van der Waals surface area contributed by atoms with Crippen molar-refractivity contribution in [3.05, 3.63) is 0 Å². The maximum Gasteiger partial charge on any atom is 0.364 e. The minimum absolute atomic E-state index is 0.584. The standard InChI is InChI=1S/C77H132N2O55/c1-19-23(5)117-30(12-84)57(39(19)92)126-66-20(2)40(93)60(33(15-87)120-66)129-71-56(109)63(130-73-65(53(106)46(99)29(11-83)119-73)132-68-22(4)42(95)59(32(14-86)122-68)128-70-55(108)51(104)48(101)36(125-70)18-116-77(75(112)113)7-25(89)38(79)62(134-77)44(97)27(91)9-81)49(102)34(123-71)16-114-72-64(52(105)45(98)28(10-82)118-72)131-67-21(3)41(94)58(31(13-85)121-67)127-69-54(107)50(103)47(100)35(124-69)17-115-76(74(110)111)6-24(88)37(78)61(133-76)43(96)26(90)8-80/h19-73,80-109H,6-18,78-79H2,1-5H3,(H,110,111)(H,112,113)/t19-,20+,21?,22+,23+,24-,25-,26?,27?,28?,29-,30?,31+,32?,33?,34?,35?,36?,37-,38-,39?,40?,41?,42?,43-,44-,45-,46-,47+,48+,49-,50?,51?,52?,53?,54+,55+,56?,57-,58-,59-,60-,61?,62?,63?,64-,65?,66+,67+,68+,69+,70+,71+,72+,73-,76-,77-/m1/s1. The molecule has 11 fully saturated rings. The van der Waals surface area contributed by atoms with Crippen molar-refractivity contribution in [1.29, 1.82) is 0 Å². The van der Waals surface area contributed by atoms with Gasteiger partial charge in [0.15, 0.2) is 50.3 Å². The minimum Gasteiger partial charge on any atom is -0.477 e. The minimum atomic E-state index is -2.97.